The zero-order valence-corrected chi connectivity index (χ0v) is 10.4. The van der Waals surface area contributed by atoms with Gasteiger partial charge in [0, 0.05) is 6.08 Å². The number of hydrogen-bond donors (Lipinski definition) is 0. The first-order valence-corrected chi connectivity index (χ1v) is 5.00. The molecule has 0 radical (unpaired) electrons. The summed E-state index contributed by atoms with van der Waals surface area (Å²) < 4.78 is 0. The molecule has 0 amide bonds. The molecular formula is C14H16O3. The van der Waals surface area contributed by atoms with Crippen LogP contribution < -0.4 is 0 Å². The topological polar surface area (TPSA) is 51.2 Å². The van der Waals surface area contributed by atoms with Gasteiger partial charge in [-0.05, 0) is 37.5 Å². The van der Waals surface area contributed by atoms with Crippen LogP contribution in [0.1, 0.15) is 20.8 Å². The summed E-state index contributed by atoms with van der Waals surface area (Å²) in [5.41, 5.74) is 0.435. The van der Waals surface area contributed by atoms with E-state index in [0.717, 1.165) is 6.08 Å². The number of Topliss-reactive ketones (excluding diaryl/α,β-unsaturated/α-hetero) is 2. The summed E-state index contributed by atoms with van der Waals surface area (Å²) in [6.45, 7) is 14.8. The Morgan fingerprint density at radius 1 is 0.765 bits per heavy atom. The van der Waals surface area contributed by atoms with E-state index < -0.39 is 17.3 Å². The number of rotatable bonds is 6. The molecule has 0 unspecified atom stereocenters. The SMILES string of the molecule is C=C(C)C(=O)C=C(C(=O)C(=C)C)C(=O)C(=C)C. The lowest BCUT2D eigenvalue weighted by Gasteiger charge is -2.05. The largest absolute Gasteiger partial charge is 0.290 e. The van der Waals surface area contributed by atoms with Gasteiger partial charge in [0.15, 0.2) is 17.3 Å². The minimum atomic E-state index is -0.549. The zero-order chi connectivity index (χ0) is 13.7. The number of carbonyl (C=O) groups is 3. The molecule has 0 rings (SSSR count). The molecule has 0 N–H and O–H groups in total. The van der Waals surface area contributed by atoms with Gasteiger partial charge in [-0.3, -0.25) is 14.4 Å². The first-order chi connectivity index (χ1) is 7.68. The van der Waals surface area contributed by atoms with Crippen LogP contribution in [0.5, 0.6) is 0 Å². The fraction of sp³-hybridized carbons (Fsp3) is 0.214. The van der Waals surface area contributed by atoms with E-state index in [1.807, 2.05) is 0 Å². The van der Waals surface area contributed by atoms with E-state index in [1.54, 1.807) is 0 Å². The molecule has 0 atom stereocenters. The summed E-state index contributed by atoms with van der Waals surface area (Å²) in [4.78, 5) is 34.9. The minimum Gasteiger partial charge on any atom is -0.290 e. The van der Waals surface area contributed by atoms with Crippen LogP contribution in [0.25, 0.3) is 0 Å². The van der Waals surface area contributed by atoms with Gasteiger partial charge >= 0.3 is 0 Å². The Bertz CT molecular complexity index is 434. The van der Waals surface area contributed by atoms with Gasteiger partial charge in [-0.2, -0.15) is 0 Å². The van der Waals surface area contributed by atoms with Crippen molar-refractivity contribution in [1.29, 1.82) is 0 Å². The van der Waals surface area contributed by atoms with Crippen LogP contribution in [-0.2, 0) is 14.4 Å². The lowest BCUT2D eigenvalue weighted by molar-refractivity contribution is -0.119. The van der Waals surface area contributed by atoms with E-state index >= 15 is 0 Å². The number of hydrogen-bond acceptors (Lipinski definition) is 3. The van der Waals surface area contributed by atoms with Crippen molar-refractivity contribution < 1.29 is 14.4 Å². The zero-order valence-electron chi connectivity index (χ0n) is 10.4. The second-order valence-corrected chi connectivity index (χ2v) is 3.92. The molecular weight excluding hydrogens is 216 g/mol. The second-order valence-electron chi connectivity index (χ2n) is 3.92. The molecule has 0 aromatic carbocycles. The monoisotopic (exact) mass is 232 g/mol. The van der Waals surface area contributed by atoms with Gasteiger partial charge in [-0.25, -0.2) is 0 Å². The molecule has 0 aliphatic carbocycles. The van der Waals surface area contributed by atoms with Gasteiger partial charge in [0.25, 0.3) is 0 Å². The quantitative estimate of drug-likeness (QED) is 0.401. The summed E-state index contributed by atoms with van der Waals surface area (Å²) in [7, 11) is 0. The predicted molar refractivity (Wildman–Crippen MR) is 67.5 cm³/mol. The van der Waals surface area contributed by atoms with Crippen LogP contribution in [-0.4, -0.2) is 17.3 Å². The molecule has 0 bridgehead atoms. The normalized spacial score (nSPS) is 9.12. The maximum absolute atomic E-state index is 11.7. The average Bonchev–Trinajstić information content (AvgIpc) is 2.22. The molecule has 90 valence electrons. The maximum atomic E-state index is 11.7. The van der Waals surface area contributed by atoms with E-state index in [4.69, 9.17) is 0 Å². The van der Waals surface area contributed by atoms with E-state index in [9.17, 15) is 14.4 Å². The van der Waals surface area contributed by atoms with Gasteiger partial charge in [-0.1, -0.05) is 19.7 Å². The average molecular weight is 232 g/mol. The molecule has 0 fully saturated rings. The molecule has 17 heavy (non-hydrogen) atoms. The highest BCUT2D eigenvalue weighted by atomic mass is 16.2. The molecule has 3 heteroatoms. The van der Waals surface area contributed by atoms with Crippen LogP contribution in [0, 0.1) is 0 Å². The van der Waals surface area contributed by atoms with Crippen molar-refractivity contribution in [1.82, 2.24) is 0 Å². The van der Waals surface area contributed by atoms with Crippen molar-refractivity contribution in [2.75, 3.05) is 0 Å². The van der Waals surface area contributed by atoms with Crippen molar-refractivity contribution in [3.05, 3.63) is 48.1 Å². The van der Waals surface area contributed by atoms with Crippen molar-refractivity contribution >= 4 is 17.3 Å². The Labute approximate surface area is 101 Å². The highest BCUT2D eigenvalue weighted by Gasteiger charge is 2.20. The third kappa shape index (κ3) is 4.15. The van der Waals surface area contributed by atoms with Crippen LogP contribution in [0.4, 0.5) is 0 Å². The molecule has 0 aromatic rings. The number of ketones is 3. The van der Waals surface area contributed by atoms with Gasteiger partial charge in [0.2, 0.25) is 0 Å². The van der Waals surface area contributed by atoms with Gasteiger partial charge in [0.1, 0.15) is 0 Å². The van der Waals surface area contributed by atoms with Crippen LogP contribution in [0.3, 0.4) is 0 Å². The third-order valence-corrected chi connectivity index (χ3v) is 1.96. The number of allylic oxidation sites excluding steroid dienone is 5. The molecule has 0 heterocycles. The smallest absolute Gasteiger partial charge is 0.192 e. The highest BCUT2D eigenvalue weighted by Crippen LogP contribution is 2.11. The van der Waals surface area contributed by atoms with Crippen molar-refractivity contribution in [3.8, 4) is 0 Å². The number of carbonyl (C=O) groups excluding carboxylic acids is 3. The van der Waals surface area contributed by atoms with Gasteiger partial charge in [-0.15, -0.1) is 0 Å². The second kappa shape index (κ2) is 5.89. The van der Waals surface area contributed by atoms with E-state index in [1.165, 1.54) is 20.8 Å². The summed E-state index contributed by atoms with van der Waals surface area (Å²) >= 11 is 0. The fourth-order valence-electron chi connectivity index (χ4n) is 0.948. The molecule has 0 saturated heterocycles. The Hall–Kier alpha value is -2.03. The Kier molecular flexibility index (Phi) is 5.19. The molecule has 0 spiro atoms. The van der Waals surface area contributed by atoms with Crippen LogP contribution in [0.2, 0.25) is 0 Å². The standard InChI is InChI=1S/C14H16O3/c1-8(2)12(15)7-11(13(16)9(3)4)14(17)10(5)6/h7H,1,3,5H2,2,4,6H3. The maximum Gasteiger partial charge on any atom is 0.192 e. The summed E-state index contributed by atoms with van der Waals surface area (Å²) in [5.74, 6) is -1.55. The van der Waals surface area contributed by atoms with Crippen molar-refractivity contribution in [3.63, 3.8) is 0 Å². The fourth-order valence-corrected chi connectivity index (χ4v) is 0.948. The van der Waals surface area contributed by atoms with Crippen molar-refractivity contribution in [2.45, 2.75) is 20.8 Å². The third-order valence-electron chi connectivity index (χ3n) is 1.96. The first kappa shape index (κ1) is 15.0. The molecule has 0 aliphatic heterocycles. The van der Waals surface area contributed by atoms with Crippen LogP contribution in [0.15, 0.2) is 48.1 Å². The van der Waals surface area contributed by atoms with Gasteiger partial charge < -0.3 is 0 Å². The summed E-state index contributed by atoms with van der Waals surface area (Å²) in [6.07, 6.45) is 0.996. The Morgan fingerprint density at radius 3 is 1.35 bits per heavy atom. The summed E-state index contributed by atoms with van der Waals surface area (Å²) in [6, 6.07) is 0. The predicted octanol–water partition coefficient (Wildman–Crippen LogP) is 2.35. The van der Waals surface area contributed by atoms with Crippen LogP contribution >= 0.6 is 0 Å². The lowest BCUT2D eigenvalue weighted by atomic mass is 9.96. The molecule has 0 aromatic heterocycles. The first-order valence-electron chi connectivity index (χ1n) is 5.00. The molecule has 0 aliphatic rings. The summed E-state index contributed by atoms with van der Waals surface area (Å²) in [5, 5.41) is 0. The highest BCUT2D eigenvalue weighted by molar-refractivity contribution is 6.32. The van der Waals surface area contributed by atoms with Gasteiger partial charge in [0.05, 0.1) is 5.57 Å². The van der Waals surface area contributed by atoms with E-state index in [0.29, 0.717) is 0 Å². The van der Waals surface area contributed by atoms with Crippen molar-refractivity contribution in [2.24, 2.45) is 0 Å². The lowest BCUT2D eigenvalue weighted by Crippen LogP contribution is -2.16. The molecule has 3 nitrogen and oxygen atoms in total. The molecule has 0 saturated carbocycles. The van der Waals surface area contributed by atoms with E-state index in [-0.39, 0.29) is 22.3 Å². The Balaban J connectivity index is 5.57. The Morgan fingerprint density at radius 2 is 1.12 bits per heavy atom. The minimum absolute atomic E-state index is 0.195. The van der Waals surface area contributed by atoms with E-state index in [2.05, 4.69) is 19.7 Å².